The number of aliphatic hydroxyl groups is 1. The number of ketones is 2. The minimum absolute atomic E-state index is 0.0659. The van der Waals surface area contributed by atoms with E-state index in [2.05, 4.69) is 40.7 Å². The minimum atomic E-state index is -1.68. The van der Waals surface area contributed by atoms with Crippen molar-refractivity contribution in [2.45, 2.75) is 150 Å². The zero-order chi connectivity index (χ0) is 30.0. The van der Waals surface area contributed by atoms with Crippen molar-refractivity contribution < 1.29 is 19.1 Å². The molecule has 1 N–H and O–H groups in total. The molecule has 0 bridgehead atoms. The minimum Gasteiger partial charge on any atom is -0.414 e. The van der Waals surface area contributed by atoms with Crippen molar-refractivity contribution >= 4 is 19.9 Å². The molecule has 0 unspecified atom stereocenters. The quantitative estimate of drug-likeness (QED) is 0.163. The molecule has 0 aromatic carbocycles. The van der Waals surface area contributed by atoms with Crippen molar-refractivity contribution in [1.82, 2.24) is 0 Å². The average Bonchev–Trinajstić information content (AvgIpc) is 3.21. The van der Waals surface area contributed by atoms with Crippen LogP contribution in [0.3, 0.4) is 0 Å². The van der Waals surface area contributed by atoms with Crippen LogP contribution in [-0.4, -0.2) is 37.7 Å². The Balaban J connectivity index is 1.49. The van der Waals surface area contributed by atoms with Crippen molar-refractivity contribution in [2.24, 2.45) is 46.3 Å². The number of rotatable bonds is 14. The second kappa shape index (κ2) is 13.5. The van der Waals surface area contributed by atoms with Gasteiger partial charge in [0, 0.05) is 37.4 Å². The summed E-state index contributed by atoms with van der Waals surface area (Å²) in [6, 6.07) is 3.93. The molecule has 0 amide bonds. The zero-order valence-electron chi connectivity index (χ0n) is 27.6. The number of fused-ring (bicyclic) bond motifs is 5. The van der Waals surface area contributed by atoms with Crippen molar-refractivity contribution in [3.05, 3.63) is 11.6 Å². The van der Waals surface area contributed by atoms with E-state index in [0.29, 0.717) is 48.9 Å². The smallest absolute Gasteiger partial charge is 0.193 e. The van der Waals surface area contributed by atoms with Gasteiger partial charge in [-0.2, -0.15) is 0 Å². The maximum atomic E-state index is 13.6. The molecule has 3 fully saturated rings. The third kappa shape index (κ3) is 6.39. The lowest BCUT2D eigenvalue weighted by atomic mass is 9.47. The van der Waals surface area contributed by atoms with E-state index in [1.807, 2.05) is 13.8 Å². The highest BCUT2D eigenvalue weighted by Gasteiger charge is 2.62. The molecule has 4 aliphatic carbocycles. The van der Waals surface area contributed by atoms with Crippen LogP contribution in [-0.2, 0) is 14.0 Å². The van der Waals surface area contributed by atoms with Crippen LogP contribution in [0.15, 0.2) is 11.6 Å². The highest BCUT2D eigenvalue weighted by Crippen LogP contribution is 2.66. The molecule has 0 spiro atoms. The fraction of sp³-hybridized carbons (Fsp3) is 0.889. The first kappa shape index (κ1) is 33.1. The van der Waals surface area contributed by atoms with Gasteiger partial charge in [0.2, 0.25) is 0 Å². The SMILES string of the molecule is CCC[Si](CCC)(CCC)O[C@H]1CC[C@@]2(C)C(=CC[C@H]3[C@@H]4CC(=O)[C@H]([C@H](C)C(=O)CC[C@@H](C)CO)[C@@]4(C)CC[C@@H]32)C1. The van der Waals surface area contributed by atoms with E-state index >= 15 is 0 Å². The first-order chi connectivity index (χ1) is 19.5. The summed E-state index contributed by atoms with van der Waals surface area (Å²) in [5.41, 5.74) is 1.83. The summed E-state index contributed by atoms with van der Waals surface area (Å²) in [5.74, 6) is 1.95. The standard InChI is InChI=1S/C36H62O4Si/c1-8-19-41(20-9-2,21-10-3)40-28-15-17-35(6)27(22-28)12-13-29-30(35)16-18-36(7)31(29)23-33(39)34(36)26(5)32(38)14-11-25(4)24-37/h12,25-26,28-31,34,37H,8-11,13-24H2,1-7H3/t25-,26-,28+,29-,30+,31+,34+,35+,36+/m1/s1. The lowest BCUT2D eigenvalue weighted by Gasteiger charge is -2.58. The Morgan fingerprint density at radius 2 is 1.68 bits per heavy atom. The van der Waals surface area contributed by atoms with E-state index in [1.54, 1.807) is 5.57 Å². The lowest BCUT2D eigenvalue weighted by Crippen LogP contribution is -2.52. The lowest BCUT2D eigenvalue weighted by molar-refractivity contribution is -0.134. The molecule has 0 saturated heterocycles. The molecule has 41 heavy (non-hydrogen) atoms. The molecule has 5 heteroatoms. The average molecular weight is 587 g/mol. The Morgan fingerprint density at radius 3 is 2.29 bits per heavy atom. The maximum absolute atomic E-state index is 13.6. The zero-order valence-corrected chi connectivity index (χ0v) is 28.6. The molecule has 0 aliphatic heterocycles. The van der Waals surface area contributed by atoms with Crippen molar-refractivity contribution in [2.75, 3.05) is 6.61 Å². The number of hydrogen-bond acceptors (Lipinski definition) is 4. The highest BCUT2D eigenvalue weighted by molar-refractivity contribution is 6.73. The third-order valence-electron chi connectivity index (χ3n) is 12.7. The van der Waals surface area contributed by atoms with Crippen LogP contribution in [0.5, 0.6) is 0 Å². The van der Waals surface area contributed by atoms with Crippen molar-refractivity contribution in [3.63, 3.8) is 0 Å². The number of aliphatic hydroxyl groups excluding tert-OH is 1. The molecular weight excluding hydrogens is 524 g/mol. The Hall–Kier alpha value is -0.783. The summed E-state index contributed by atoms with van der Waals surface area (Å²) >= 11 is 0. The predicted octanol–water partition coefficient (Wildman–Crippen LogP) is 8.92. The van der Waals surface area contributed by atoms with Gasteiger partial charge in [-0.05, 0) is 97.6 Å². The number of hydrogen-bond donors (Lipinski definition) is 1. The second-order valence-corrected chi connectivity index (χ2v) is 19.6. The molecule has 0 heterocycles. The normalized spacial score (nSPS) is 36.6. The maximum Gasteiger partial charge on any atom is 0.193 e. The van der Waals surface area contributed by atoms with Gasteiger partial charge in [-0.15, -0.1) is 0 Å². The number of Topliss-reactive ketones (excluding diaryl/α,β-unsaturated/α-hetero) is 2. The van der Waals surface area contributed by atoms with Crippen LogP contribution in [0, 0.1) is 46.3 Å². The number of allylic oxidation sites excluding steroid dienone is 1. The van der Waals surface area contributed by atoms with E-state index in [-0.39, 0.29) is 41.0 Å². The Morgan fingerprint density at radius 1 is 1.02 bits per heavy atom. The monoisotopic (exact) mass is 586 g/mol. The van der Waals surface area contributed by atoms with Gasteiger partial charge in [0.1, 0.15) is 11.6 Å². The van der Waals surface area contributed by atoms with Crippen LogP contribution in [0.1, 0.15) is 126 Å². The van der Waals surface area contributed by atoms with E-state index in [4.69, 9.17) is 4.43 Å². The molecule has 9 atom stereocenters. The first-order valence-corrected chi connectivity index (χ1v) is 20.0. The molecule has 0 aromatic heterocycles. The largest absolute Gasteiger partial charge is 0.414 e. The van der Waals surface area contributed by atoms with E-state index in [9.17, 15) is 14.7 Å². The fourth-order valence-electron chi connectivity index (χ4n) is 10.6. The fourth-order valence-corrected chi connectivity index (χ4v) is 15.3. The Bertz CT molecular complexity index is 942. The molecule has 3 saturated carbocycles. The van der Waals surface area contributed by atoms with Gasteiger partial charge < -0.3 is 9.53 Å². The highest BCUT2D eigenvalue weighted by atomic mass is 28.4. The summed E-state index contributed by atoms with van der Waals surface area (Å²) in [5, 5.41) is 9.40. The summed E-state index contributed by atoms with van der Waals surface area (Å²) < 4.78 is 7.24. The predicted molar refractivity (Wildman–Crippen MR) is 171 cm³/mol. The molecule has 4 rings (SSSR count). The van der Waals surface area contributed by atoms with Crippen LogP contribution < -0.4 is 0 Å². The molecule has 4 nitrogen and oxygen atoms in total. The number of carbonyl (C=O) groups excluding carboxylic acids is 2. The van der Waals surface area contributed by atoms with Gasteiger partial charge in [-0.3, -0.25) is 9.59 Å². The Kier molecular flexibility index (Phi) is 10.9. The molecule has 0 radical (unpaired) electrons. The van der Waals surface area contributed by atoms with Gasteiger partial charge in [0.15, 0.2) is 8.32 Å². The molecule has 4 aliphatic rings. The first-order valence-electron chi connectivity index (χ1n) is 17.5. The van der Waals surface area contributed by atoms with E-state index in [0.717, 1.165) is 19.3 Å². The molecule has 234 valence electrons. The third-order valence-corrected chi connectivity index (χ3v) is 17.8. The van der Waals surface area contributed by atoms with Gasteiger partial charge in [0.05, 0.1) is 0 Å². The van der Waals surface area contributed by atoms with Crippen molar-refractivity contribution in [3.8, 4) is 0 Å². The van der Waals surface area contributed by atoms with Crippen LogP contribution >= 0.6 is 0 Å². The summed E-state index contributed by atoms with van der Waals surface area (Å²) in [4.78, 5) is 26.9. The van der Waals surface area contributed by atoms with Crippen molar-refractivity contribution in [1.29, 1.82) is 0 Å². The van der Waals surface area contributed by atoms with Gasteiger partial charge in [0.25, 0.3) is 0 Å². The Labute approximate surface area is 253 Å². The van der Waals surface area contributed by atoms with Gasteiger partial charge >= 0.3 is 0 Å². The van der Waals surface area contributed by atoms with Gasteiger partial charge in [-0.1, -0.05) is 79.4 Å². The summed E-state index contributed by atoms with van der Waals surface area (Å²) in [6.07, 6.45) is 15.5. The second-order valence-electron chi connectivity index (χ2n) is 15.4. The van der Waals surface area contributed by atoms with E-state index < -0.39 is 8.32 Å². The molecular formula is C36H62O4Si. The summed E-state index contributed by atoms with van der Waals surface area (Å²) in [6.45, 7) is 16.0. The number of carbonyl (C=O) groups is 2. The van der Waals surface area contributed by atoms with Crippen LogP contribution in [0.4, 0.5) is 0 Å². The topological polar surface area (TPSA) is 63.6 Å². The van der Waals surface area contributed by atoms with Gasteiger partial charge in [-0.25, -0.2) is 0 Å². The summed E-state index contributed by atoms with van der Waals surface area (Å²) in [7, 11) is -1.68. The van der Waals surface area contributed by atoms with Crippen LogP contribution in [0.2, 0.25) is 18.1 Å². The van der Waals surface area contributed by atoms with Crippen LogP contribution in [0.25, 0.3) is 0 Å². The van der Waals surface area contributed by atoms with E-state index in [1.165, 1.54) is 56.7 Å². The molecule has 0 aromatic rings.